The number of aryl methyl sites for hydroxylation is 1. The van der Waals surface area contributed by atoms with E-state index in [1.165, 1.54) is 12.1 Å². The summed E-state index contributed by atoms with van der Waals surface area (Å²) >= 11 is 5.08. The molecule has 0 aromatic heterocycles. The van der Waals surface area contributed by atoms with Crippen LogP contribution in [0.25, 0.3) is 0 Å². The maximum atomic E-state index is 12.2. The average Bonchev–Trinajstić information content (AvgIpc) is 2.66. The Labute approximate surface area is 164 Å². The topological polar surface area (TPSA) is 96.5 Å². The quantitative estimate of drug-likeness (QED) is 0.499. The Morgan fingerprint density at radius 1 is 1.04 bits per heavy atom. The van der Waals surface area contributed by atoms with Gasteiger partial charge in [-0.2, -0.15) is 0 Å². The van der Waals surface area contributed by atoms with Crippen molar-refractivity contribution in [2.45, 2.75) is 18.2 Å². The second-order valence-corrected chi connectivity index (χ2v) is 8.26. The van der Waals surface area contributed by atoms with Gasteiger partial charge in [0.1, 0.15) is 5.75 Å². The number of carbonyl (C=O) groups excluding carboxylic acids is 1. The Morgan fingerprint density at radius 3 is 2.26 bits per heavy atom. The SMILES string of the molecule is COc1ccc(NC(=S)NNC(=O)CCS(=O)(=O)c2ccc(C)cc2)cc1. The summed E-state index contributed by atoms with van der Waals surface area (Å²) in [6, 6.07) is 13.6. The van der Waals surface area contributed by atoms with E-state index in [2.05, 4.69) is 16.2 Å². The van der Waals surface area contributed by atoms with Gasteiger partial charge >= 0.3 is 0 Å². The number of benzene rings is 2. The largest absolute Gasteiger partial charge is 0.497 e. The van der Waals surface area contributed by atoms with E-state index in [0.717, 1.165) is 5.56 Å². The molecule has 0 aliphatic carbocycles. The monoisotopic (exact) mass is 407 g/mol. The fourth-order valence-electron chi connectivity index (χ4n) is 2.12. The van der Waals surface area contributed by atoms with Crippen LogP contribution < -0.4 is 20.9 Å². The van der Waals surface area contributed by atoms with E-state index in [9.17, 15) is 13.2 Å². The molecule has 0 spiro atoms. The third-order valence-electron chi connectivity index (χ3n) is 3.64. The highest BCUT2D eigenvalue weighted by atomic mass is 32.2. The first kappa shape index (κ1) is 20.7. The fraction of sp³-hybridized carbons (Fsp3) is 0.222. The molecule has 9 heteroatoms. The predicted octanol–water partition coefficient (Wildman–Crippen LogP) is 2.19. The van der Waals surface area contributed by atoms with Crippen LogP contribution in [-0.4, -0.2) is 32.3 Å². The smallest absolute Gasteiger partial charge is 0.239 e. The molecule has 0 fully saturated rings. The summed E-state index contributed by atoms with van der Waals surface area (Å²) in [6.07, 6.45) is -0.186. The van der Waals surface area contributed by atoms with E-state index < -0.39 is 15.7 Å². The lowest BCUT2D eigenvalue weighted by molar-refractivity contribution is -0.121. The van der Waals surface area contributed by atoms with Crippen molar-refractivity contribution < 1.29 is 17.9 Å². The second kappa shape index (κ2) is 9.33. The van der Waals surface area contributed by atoms with Crippen LogP contribution in [0.5, 0.6) is 5.75 Å². The minimum Gasteiger partial charge on any atom is -0.497 e. The van der Waals surface area contributed by atoms with Gasteiger partial charge < -0.3 is 10.1 Å². The molecule has 1 amide bonds. The van der Waals surface area contributed by atoms with Crippen LogP contribution in [0.4, 0.5) is 5.69 Å². The molecular formula is C18H21N3O4S2. The number of hydrogen-bond donors (Lipinski definition) is 3. The van der Waals surface area contributed by atoms with Gasteiger partial charge in [-0.25, -0.2) is 8.42 Å². The highest BCUT2D eigenvalue weighted by Crippen LogP contribution is 2.15. The van der Waals surface area contributed by atoms with Gasteiger partial charge in [-0.15, -0.1) is 0 Å². The number of sulfone groups is 1. The number of ether oxygens (including phenoxy) is 1. The van der Waals surface area contributed by atoms with Crippen molar-refractivity contribution in [3.63, 3.8) is 0 Å². The molecule has 2 rings (SSSR count). The van der Waals surface area contributed by atoms with Crippen LogP contribution in [0, 0.1) is 6.92 Å². The van der Waals surface area contributed by atoms with Crippen molar-refractivity contribution in [1.82, 2.24) is 10.9 Å². The Bertz CT molecular complexity index is 895. The highest BCUT2D eigenvalue weighted by molar-refractivity contribution is 7.91. The van der Waals surface area contributed by atoms with Crippen LogP contribution >= 0.6 is 12.2 Å². The number of thiocarbonyl (C=S) groups is 1. The lowest BCUT2D eigenvalue weighted by Crippen LogP contribution is -2.44. The van der Waals surface area contributed by atoms with E-state index in [-0.39, 0.29) is 22.2 Å². The fourth-order valence-corrected chi connectivity index (χ4v) is 3.53. The minimum absolute atomic E-state index is 0.176. The molecule has 2 aromatic carbocycles. The van der Waals surface area contributed by atoms with Gasteiger partial charge in [0.2, 0.25) is 5.91 Å². The number of carbonyl (C=O) groups is 1. The van der Waals surface area contributed by atoms with Gasteiger partial charge in [0.05, 0.1) is 17.8 Å². The lowest BCUT2D eigenvalue weighted by Gasteiger charge is -2.12. The summed E-state index contributed by atoms with van der Waals surface area (Å²) in [4.78, 5) is 12.1. The summed E-state index contributed by atoms with van der Waals surface area (Å²) in [6.45, 7) is 1.87. The predicted molar refractivity (Wildman–Crippen MR) is 108 cm³/mol. The molecule has 27 heavy (non-hydrogen) atoms. The van der Waals surface area contributed by atoms with Crippen molar-refractivity contribution in [2.75, 3.05) is 18.2 Å². The van der Waals surface area contributed by atoms with Crippen molar-refractivity contribution in [3.05, 3.63) is 54.1 Å². The number of methoxy groups -OCH3 is 1. The third kappa shape index (κ3) is 6.54. The van der Waals surface area contributed by atoms with Crippen LogP contribution in [-0.2, 0) is 14.6 Å². The van der Waals surface area contributed by atoms with Crippen molar-refractivity contribution in [3.8, 4) is 5.75 Å². The summed E-state index contributed by atoms with van der Waals surface area (Å²) in [5, 5.41) is 3.06. The number of amides is 1. The van der Waals surface area contributed by atoms with Gasteiger partial charge in [0.15, 0.2) is 14.9 Å². The molecule has 0 unspecified atom stereocenters. The van der Waals surface area contributed by atoms with E-state index >= 15 is 0 Å². The molecule has 0 saturated heterocycles. The number of hydrogen-bond acceptors (Lipinski definition) is 5. The number of anilines is 1. The summed E-state index contributed by atoms with van der Waals surface area (Å²) in [5.74, 6) is -0.0607. The molecule has 2 aromatic rings. The molecule has 0 saturated carbocycles. The molecular weight excluding hydrogens is 386 g/mol. The molecule has 7 nitrogen and oxygen atoms in total. The molecule has 0 atom stereocenters. The first-order valence-electron chi connectivity index (χ1n) is 8.09. The second-order valence-electron chi connectivity index (χ2n) is 5.74. The van der Waals surface area contributed by atoms with Gasteiger partial charge in [-0.05, 0) is 55.5 Å². The first-order valence-corrected chi connectivity index (χ1v) is 10.2. The minimum atomic E-state index is -3.51. The number of nitrogens with one attached hydrogen (secondary N) is 3. The molecule has 0 radical (unpaired) electrons. The van der Waals surface area contributed by atoms with E-state index in [1.54, 1.807) is 43.5 Å². The Hall–Kier alpha value is -2.65. The molecule has 0 heterocycles. The van der Waals surface area contributed by atoms with E-state index in [1.807, 2.05) is 6.92 Å². The number of hydrazine groups is 1. The summed E-state index contributed by atoms with van der Waals surface area (Å²) < 4.78 is 29.5. The zero-order valence-electron chi connectivity index (χ0n) is 15.0. The van der Waals surface area contributed by atoms with Crippen molar-refractivity contribution in [2.24, 2.45) is 0 Å². The van der Waals surface area contributed by atoms with Crippen LogP contribution in [0.1, 0.15) is 12.0 Å². The van der Waals surface area contributed by atoms with E-state index in [4.69, 9.17) is 17.0 Å². The third-order valence-corrected chi connectivity index (χ3v) is 5.58. The van der Waals surface area contributed by atoms with Crippen molar-refractivity contribution in [1.29, 1.82) is 0 Å². The summed E-state index contributed by atoms with van der Waals surface area (Å²) in [7, 11) is -1.94. The van der Waals surface area contributed by atoms with Crippen LogP contribution in [0.3, 0.4) is 0 Å². The van der Waals surface area contributed by atoms with E-state index in [0.29, 0.717) is 11.4 Å². The van der Waals surface area contributed by atoms with Gasteiger partial charge in [0.25, 0.3) is 0 Å². The molecule has 0 aliphatic rings. The highest BCUT2D eigenvalue weighted by Gasteiger charge is 2.16. The van der Waals surface area contributed by atoms with Gasteiger partial charge in [0, 0.05) is 12.1 Å². The first-order chi connectivity index (χ1) is 12.8. The summed E-state index contributed by atoms with van der Waals surface area (Å²) in [5.41, 5.74) is 6.59. The Kier molecular flexibility index (Phi) is 7.14. The lowest BCUT2D eigenvalue weighted by atomic mass is 10.2. The maximum Gasteiger partial charge on any atom is 0.239 e. The van der Waals surface area contributed by atoms with Gasteiger partial charge in [-0.3, -0.25) is 15.6 Å². The van der Waals surface area contributed by atoms with Crippen LogP contribution in [0.15, 0.2) is 53.4 Å². The average molecular weight is 408 g/mol. The molecule has 0 bridgehead atoms. The zero-order valence-corrected chi connectivity index (χ0v) is 16.6. The normalized spacial score (nSPS) is 10.7. The molecule has 3 N–H and O–H groups in total. The zero-order chi connectivity index (χ0) is 19.9. The van der Waals surface area contributed by atoms with Crippen molar-refractivity contribution >= 4 is 38.8 Å². The van der Waals surface area contributed by atoms with Gasteiger partial charge in [-0.1, -0.05) is 17.7 Å². The number of rotatable bonds is 6. The molecule has 0 aliphatic heterocycles. The standard InChI is InChI=1S/C18H21N3O4S2/c1-13-3-9-16(10-4-13)27(23,24)12-11-17(22)20-21-18(26)19-14-5-7-15(25-2)8-6-14/h3-10H,11-12H2,1-2H3,(H,20,22)(H2,19,21,26). The Balaban J connectivity index is 1.78. The molecule has 144 valence electrons. The van der Waals surface area contributed by atoms with Crippen LogP contribution in [0.2, 0.25) is 0 Å². The Morgan fingerprint density at radius 2 is 1.67 bits per heavy atom. The maximum absolute atomic E-state index is 12.2.